The lowest BCUT2D eigenvalue weighted by Crippen LogP contribution is -2.38. The molecule has 1 aromatic heterocycles. The van der Waals surface area contributed by atoms with Crippen LogP contribution in [0.2, 0.25) is 0 Å². The van der Waals surface area contributed by atoms with Crippen molar-refractivity contribution in [3.8, 4) is 5.75 Å². The first-order chi connectivity index (χ1) is 12.3. The van der Waals surface area contributed by atoms with Crippen LogP contribution < -0.4 is 4.74 Å². The van der Waals surface area contributed by atoms with E-state index in [4.69, 9.17) is 4.74 Å². The number of carbonyl (C=O) groups is 1. The molecule has 0 aromatic carbocycles. The Kier molecular flexibility index (Phi) is 4.99. The largest absolute Gasteiger partial charge is 0.488 e. The van der Waals surface area contributed by atoms with E-state index in [1.165, 1.54) is 11.1 Å². The number of piperidine rings is 1. The summed E-state index contributed by atoms with van der Waals surface area (Å²) in [4.78, 5) is 17.4. The van der Waals surface area contributed by atoms with Crippen molar-refractivity contribution in [2.45, 2.75) is 31.8 Å². The van der Waals surface area contributed by atoms with Gasteiger partial charge in [-0.25, -0.2) is 4.31 Å². The molecule has 3 aliphatic heterocycles. The third-order valence-corrected chi connectivity index (χ3v) is 6.50. The minimum Gasteiger partial charge on any atom is -0.488 e. The molecule has 5 nitrogen and oxygen atoms in total. The lowest BCUT2D eigenvalue weighted by atomic mass is 9.89. The van der Waals surface area contributed by atoms with Gasteiger partial charge in [0.25, 0.3) is 0 Å². The Balaban J connectivity index is 1.42. The van der Waals surface area contributed by atoms with Crippen molar-refractivity contribution >= 4 is 23.9 Å². The van der Waals surface area contributed by atoms with Gasteiger partial charge in [-0.05, 0) is 43.1 Å². The molecule has 0 N–H and O–H groups in total. The predicted molar refractivity (Wildman–Crippen MR) is 100 cm³/mol. The van der Waals surface area contributed by atoms with E-state index in [1.54, 1.807) is 11.9 Å². The number of aromatic nitrogens is 1. The average molecular weight is 359 g/mol. The third kappa shape index (κ3) is 3.55. The topological polar surface area (TPSA) is 45.7 Å². The van der Waals surface area contributed by atoms with Gasteiger partial charge in [0.15, 0.2) is 0 Å². The summed E-state index contributed by atoms with van der Waals surface area (Å²) >= 11 is 1.80. The number of carbonyl (C=O) groups excluding carboxylic acids is 1. The van der Waals surface area contributed by atoms with E-state index >= 15 is 0 Å². The molecular weight excluding hydrogens is 334 g/mol. The molecule has 0 saturated carbocycles. The maximum atomic E-state index is 10.9. The maximum absolute atomic E-state index is 10.9. The van der Waals surface area contributed by atoms with Gasteiger partial charge in [0.1, 0.15) is 11.9 Å². The van der Waals surface area contributed by atoms with Gasteiger partial charge in [0.05, 0.1) is 11.9 Å². The van der Waals surface area contributed by atoms with Crippen LogP contribution >= 0.6 is 11.9 Å². The van der Waals surface area contributed by atoms with E-state index in [9.17, 15) is 4.79 Å². The van der Waals surface area contributed by atoms with Crippen LogP contribution in [0, 0.1) is 5.92 Å². The maximum Gasteiger partial charge on any atom is 0.209 e. The number of rotatable bonds is 4. The molecule has 1 atom stereocenters. The number of nitrogens with zero attached hydrogens (tertiary/aromatic N) is 3. The molecule has 0 bridgehead atoms. The van der Waals surface area contributed by atoms with Crippen molar-refractivity contribution in [2.75, 3.05) is 32.4 Å². The number of likely N-dealkylation sites (tertiary alicyclic amines) is 1. The van der Waals surface area contributed by atoms with Crippen LogP contribution in [0.1, 0.15) is 30.5 Å². The highest BCUT2D eigenvalue weighted by atomic mass is 32.2. The van der Waals surface area contributed by atoms with Crippen LogP contribution in [0.4, 0.5) is 0 Å². The van der Waals surface area contributed by atoms with E-state index in [-0.39, 0.29) is 6.10 Å². The minimum atomic E-state index is 0.244. The summed E-state index contributed by atoms with van der Waals surface area (Å²) in [6.45, 7) is 3.78. The van der Waals surface area contributed by atoms with E-state index in [0.29, 0.717) is 5.92 Å². The molecule has 0 spiro atoms. The molecule has 1 saturated heterocycles. The lowest BCUT2D eigenvalue weighted by molar-refractivity contribution is -0.119. The van der Waals surface area contributed by atoms with Crippen molar-refractivity contribution in [3.05, 3.63) is 29.6 Å². The van der Waals surface area contributed by atoms with Crippen molar-refractivity contribution in [2.24, 2.45) is 5.92 Å². The van der Waals surface area contributed by atoms with Gasteiger partial charge < -0.3 is 9.64 Å². The van der Waals surface area contributed by atoms with E-state index in [2.05, 4.69) is 27.7 Å². The highest BCUT2D eigenvalue weighted by molar-refractivity contribution is 7.96. The second-order valence-corrected chi connectivity index (χ2v) is 7.95. The molecule has 0 radical (unpaired) electrons. The first-order valence-corrected chi connectivity index (χ1v) is 10.3. The van der Waals surface area contributed by atoms with E-state index in [0.717, 1.165) is 69.7 Å². The zero-order valence-electron chi connectivity index (χ0n) is 14.7. The molecule has 4 heterocycles. The van der Waals surface area contributed by atoms with Gasteiger partial charge in [-0.1, -0.05) is 18.0 Å². The van der Waals surface area contributed by atoms with Gasteiger partial charge in [-0.15, -0.1) is 0 Å². The molecule has 1 unspecified atom stereocenters. The third-order valence-electron chi connectivity index (χ3n) is 5.66. The summed E-state index contributed by atoms with van der Waals surface area (Å²) in [5.74, 6) is 1.49. The molecule has 1 amide bonds. The second-order valence-electron chi connectivity index (χ2n) is 7.07. The number of amides is 1. The number of fused-ring (bicyclic) bond motifs is 1. The lowest BCUT2D eigenvalue weighted by Gasteiger charge is -2.32. The standard InChI is InChI=1S/C19H25N3O2S/c1-25-22-8-4-14(5-9-22)17-10-16-11-18(24-19(16)12-20-17)15-2-6-21(13-23)7-3-15/h4,10,12-13,15,18H,2-3,5-9,11H2,1H3. The summed E-state index contributed by atoms with van der Waals surface area (Å²) in [7, 11) is 0. The normalized spacial score (nSPS) is 24.6. The molecular formula is C19H25N3O2S. The quantitative estimate of drug-likeness (QED) is 0.611. The van der Waals surface area contributed by atoms with Crippen molar-refractivity contribution in [1.82, 2.24) is 14.2 Å². The van der Waals surface area contributed by atoms with Gasteiger partial charge in [-0.3, -0.25) is 9.78 Å². The second kappa shape index (κ2) is 7.38. The number of hydrogen-bond acceptors (Lipinski definition) is 5. The van der Waals surface area contributed by atoms with Crippen LogP contribution in [0.5, 0.6) is 5.75 Å². The first-order valence-electron chi connectivity index (χ1n) is 9.10. The summed E-state index contributed by atoms with van der Waals surface area (Å²) in [5, 5.41) is 0. The fraction of sp³-hybridized carbons (Fsp3) is 0.579. The van der Waals surface area contributed by atoms with Gasteiger partial charge in [-0.2, -0.15) is 0 Å². The van der Waals surface area contributed by atoms with Gasteiger partial charge >= 0.3 is 0 Å². The highest BCUT2D eigenvalue weighted by Crippen LogP contribution is 2.36. The molecule has 1 aromatic rings. The molecule has 0 aliphatic carbocycles. The van der Waals surface area contributed by atoms with Crippen LogP contribution in [0.15, 0.2) is 18.3 Å². The van der Waals surface area contributed by atoms with Crippen LogP contribution in [-0.4, -0.2) is 59.1 Å². The van der Waals surface area contributed by atoms with Crippen molar-refractivity contribution in [1.29, 1.82) is 0 Å². The Morgan fingerprint density at radius 2 is 2.16 bits per heavy atom. The Hall–Kier alpha value is -1.53. The van der Waals surface area contributed by atoms with Gasteiger partial charge in [0, 0.05) is 38.2 Å². The molecule has 25 heavy (non-hydrogen) atoms. The van der Waals surface area contributed by atoms with Crippen LogP contribution in [-0.2, 0) is 11.2 Å². The van der Waals surface area contributed by atoms with Crippen molar-refractivity contribution < 1.29 is 9.53 Å². The highest BCUT2D eigenvalue weighted by Gasteiger charge is 2.33. The summed E-state index contributed by atoms with van der Waals surface area (Å²) in [6, 6.07) is 2.23. The zero-order valence-corrected chi connectivity index (χ0v) is 15.5. The van der Waals surface area contributed by atoms with Crippen molar-refractivity contribution in [3.63, 3.8) is 0 Å². The molecule has 134 valence electrons. The molecule has 3 aliphatic rings. The Morgan fingerprint density at radius 1 is 1.32 bits per heavy atom. The average Bonchev–Trinajstić information content (AvgIpc) is 3.11. The number of pyridine rings is 1. The molecule has 6 heteroatoms. The smallest absolute Gasteiger partial charge is 0.209 e. The predicted octanol–water partition coefficient (Wildman–Crippen LogP) is 2.62. The Labute approximate surface area is 153 Å². The summed E-state index contributed by atoms with van der Waals surface area (Å²) in [5.41, 5.74) is 3.76. The van der Waals surface area contributed by atoms with Crippen LogP contribution in [0.3, 0.4) is 0 Å². The van der Waals surface area contributed by atoms with E-state index in [1.807, 2.05) is 11.1 Å². The summed E-state index contributed by atoms with van der Waals surface area (Å²) < 4.78 is 8.55. The fourth-order valence-corrected chi connectivity index (χ4v) is 4.55. The first kappa shape index (κ1) is 16.9. The molecule has 1 fully saturated rings. The fourth-order valence-electron chi connectivity index (χ4n) is 4.06. The van der Waals surface area contributed by atoms with Crippen LogP contribution in [0.25, 0.3) is 5.57 Å². The number of ether oxygens (including phenoxy) is 1. The Bertz CT molecular complexity index is 671. The van der Waals surface area contributed by atoms with Gasteiger partial charge in [0.2, 0.25) is 6.41 Å². The zero-order chi connectivity index (χ0) is 17.2. The SMILES string of the molecule is CSN1CC=C(c2cc3c(cn2)OC(C2CCN(C=O)CC2)C3)CC1. The monoisotopic (exact) mass is 359 g/mol. The Morgan fingerprint density at radius 3 is 2.84 bits per heavy atom. The minimum absolute atomic E-state index is 0.244. The molecule has 4 rings (SSSR count). The van der Waals surface area contributed by atoms with E-state index < -0.39 is 0 Å². The number of hydrogen-bond donors (Lipinski definition) is 0. The summed E-state index contributed by atoms with van der Waals surface area (Å²) in [6.07, 6.45) is 11.6.